The molecule has 0 aromatic carbocycles. The number of hydrogen-bond acceptors (Lipinski definition) is 3. The van der Waals surface area contributed by atoms with Crippen LogP contribution in [0.25, 0.3) is 0 Å². The van der Waals surface area contributed by atoms with Crippen LogP contribution in [0.3, 0.4) is 0 Å². The molecule has 1 saturated carbocycles. The topological polar surface area (TPSA) is 56.7 Å². The van der Waals surface area contributed by atoms with E-state index in [2.05, 4.69) is 21.7 Å². The Labute approximate surface area is 84.5 Å². The Bertz CT molecular complexity index is 290. The quantitative estimate of drug-likeness (QED) is 0.759. The lowest BCUT2D eigenvalue weighted by molar-refractivity contribution is 0.543. The molecule has 1 aliphatic rings. The van der Waals surface area contributed by atoms with Crippen molar-refractivity contribution in [2.45, 2.75) is 45.2 Å². The fourth-order valence-corrected chi connectivity index (χ4v) is 1.77. The summed E-state index contributed by atoms with van der Waals surface area (Å²) in [7, 11) is 0. The zero-order chi connectivity index (χ0) is 9.97. The molecule has 4 nitrogen and oxygen atoms in total. The lowest BCUT2D eigenvalue weighted by Crippen LogP contribution is -2.26. The van der Waals surface area contributed by atoms with Crippen LogP contribution in [0.5, 0.6) is 0 Å². The van der Waals surface area contributed by atoms with Gasteiger partial charge in [0.25, 0.3) is 0 Å². The lowest BCUT2D eigenvalue weighted by atomic mass is 10.1. The van der Waals surface area contributed by atoms with Gasteiger partial charge in [-0.25, -0.2) is 0 Å². The van der Waals surface area contributed by atoms with Crippen LogP contribution in [0.15, 0.2) is 6.33 Å². The minimum atomic E-state index is 0.287. The Kier molecular flexibility index (Phi) is 2.82. The zero-order valence-electron chi connectivity index (χ0n) is 8.69. The van der Waals surface area contributed by atoms with Gasteiger partial charge in [0.2, 0.25) is 0 Å². The Morgan fingerprint density at radius 1 is 1.64 bits per heavy atom. The number of nitrogens with zero attached hydrogens (tertiary/aromatic N) is 3. The maximum absolute atomic E-state index is 6.05. The lowest BCUT2D eigenvalue weighted by Gasteiger charge is -2.10. The Balaban J connectivity index is 1.96. The summed E-state index contributed by atoms with van der Waals surface area (Å²) in [5.74, 6) is 1.79. The van der Waals surface area contributed by atoms with Gasteiger partial charge in [0.15, 0.2) is 0 Å². The average molecular weight is 194 g/mol. The molecule has 1 aromatic rings. The van der Waals surface area contributed by atoms with Crippen molar-refractivity contribution in [3.05, 3.63) is 12.2 Å². The van der Waals surface area contributed by atoms with Crippen LogP contribution in [-0.4, -0.2) is 20.8 Å². The van der Waals surface area contributed by atoms with Gasteiger partial charge in [-0.2, -0.15) is 0 Å². The molecular formula is C10H18N4. The molecule has 0 aliphatic heterocycles. The van der Waals surface area contributed by atoms with E-state index in [1.807, 2.05) is 0 Å². The second-order valence-electron chi connectivity index (χ2n) is 4.15. The highest BCUT2D eigenvalue weighted by Crippen LogP contribution is 2.32. The third-order valence-corrected chi connectivity index (χ3v) is 2.81. The number of nitrogens with two attached hydrogens (primary N) is 1. The average Bonchev–Trinajstić information content (AvgIpc) is 2.93. The van der Waals surface area contributed by atoms with Crippen LogP contribution in [0.2, 0.25) is 0 Å². The monoisotopic (exact) mass is 194 g/mol. The van der Waals surface area contributed by atoms with Crippen molar-refractivity contribution in [3.63, 3.8) is 0 Å². The van der Waals surface area contributed by atoms with Gasteiger partial charge in [-0.1, -0.05) is 6.92 Å². The van der Waals surface area contributed by atoms with Gasteiger partial charge in [0, 0.05) is 19.0 Å². The molecule has 1 aliphatic carbocycles. The fraction of sp³-hybridized carbons (Fsp3) is 0.800. The number of aromatic nitrogens is 3. The van der Waals surface area contributed by atoms with E-state index in [1.54, 1.807) is 6.33 Å². The number of rotatable bonds is 5. The Hall–Kier alpha value is -0.900. The Morgan fingerprint density at radius 3 is 3.07 bits per heavy atom. The van der Waals surface area contributed by atoms with Gasteiger partial charge in [0.05, 0.1) is 0 Å². The minimum Gasteiger partial charge on any atom is -0.327 e. The molecule has 1 atom stereocenters. The highest BCUT2D eigenvalue weighted by Gasteiger charge is 2.29. The van der Waals surface area contributed by atoms with E-state index in [1.165, 1.54) is 12.8 Å². The third kappa shape index (κ3) is 2.12. The summed E-state index contributed by atoms with van der Waals surface area (Å²) in [4.78, 5) is 0. The van der Waals surface area contributed by atoms with Crippen molar-refractivity contribution < 1.29 is 0 Å². The van der Waals surface area contributed by atoms with Crippen molar-refractivity contribution in [3.8, 4) is 0 Å². The fourth-order valence-electron chi connectivity index (χ4n) is 1.77. The predicted molar refractivity (Wildman–Crippen MR) is 54.7 cm³/mol. The molecule has 0 bridgehead atoms. The summed E-state index contributed by atoms with van der Waals surface area (Å²) < 4.78 is 2.11. The van der Waals surface area contributed by atoms with Crippen molar-refractivity contribution in [2.24, 2.45) is 11.7 Å². The van der Waals surface area contributed by atoms with Crippen LogP contribution in [0.1, 0.15) is 32.0 Å². The van der Waals surface area contributed by atoms with Crippen molar-refractivity contribution in [2.75, 3.05) is 0 Å². The van der Waals surface area contributed by atoms with Crippen LogP contribution in [0.4, 0.5) is 0 Å². The van der Waals surface area contributed by atoms with E-state index in [9.17, 15) is 0 Å². The summed E-state index contributed by atoms with van der Waals surface area (Å²) >= 11 is 0. The molecule has 1 unspecified atom stereocenters. The van der Waals surface area contributed by atoms with Crippen molar-refractivity contribution in [1.82, 2.24) is 14.8 Å². The van der Waals surface area contributed by atoms with Gasteiger partial charge in [-0.15, -0.1) is 10.2 Å². The first-order valence-electron chi connectivity index (χ1n) is 5.43. The Morgan fingerprint density at radius 2 is 2.43 bits per heavy atom. The zero-order valence-corrected chi connectivity index (χ0v) is 8.69. The molecule has 0 saturated heterocycles. The minimum absolute atomic E-state index is 0.287. The summed E-state index contributed by atoms with van der Waals surface area (Å²) in [6.45, 7) is 3.16. The molecule has 14 heavy (non-hydrogen) atoms. The molecule has 1 aromatic heterocycles. The highest BCUT2D eigenvalue weighted by molar-refractivity contribution is 4.95. The van der Waals surface area contributed by atoms with E-state index >= 15 is 0 Å². The summed E-state index contributed by atoms with van der Waals surface area (Å²) in [6, 6.07) is 0.287. The SMILES string of the molecule is CCCn1cnnc1CC(N)C1CC1. The summed E-state index contributed by atoms with van der Waals surface area (Å²) in [6.07, 6.45) is 6.39. The first-order chi connectivity index (χ1) is 6.81. The third-order valence-electron chi connectivity index (χ3n) is 2.81. The maximum atomic E-state index is 6.05. The van der Waals surface area contributed by atoms with Gasteiger partial charge in [0.1, 0.15) is 12.2 Å². The van der Waals surface area contributed by atoms with E-state index in [4.69, 9.17) is 5.73 Å². The second kappa shape index (κ2) is 4.09. The molecule has 1 heterocycles. The first-order valence-corrected chi connectivity index (χ1v) is 5.43. The molecule has 2 rings (SSSR count). The highest BCUT2D eigenvalue weighted by atomic mass is 15.3. The molecule has 0 radical (unpaired) electrons. The van der Waals surface area contributed by atoms with Crippen molar-refractivity contribution >= 4 is 0 Å². The summed E-state index contributed by atoms with van der Waals surface area (Å²) in [5, 5.41) is 8.05. The van der Waals surface area contributed by atoms with Crippen LogP contribution in [0, 0.1) is 5.92 Å². The number of hydrogen-bond donors (Lipinski definition) is 1. The maximum Gasteiger partial charge on any atom is 0.134 e. The van der Waals surface area contributed by atoms with E-state index in [-0.39, 0.29) is 6.04 Å². The molecular weight excluding hydrogens is 176 g/mol. The molecule has 0 amide bonds. The molecule has 2 N–H and O–H groups in total. The largest absolute Gasteiger partial charge is 0.327 e. The van der Waals surface area contributed by atoms with E-state index < -0.39 is 0 Å². The van der Waals surface area contributed by atoms with Crippen molar-refractivity contribution in [1.29, 1.82) is 0 Å². The molecule has 78 valence electrons. The predicted octanol–water partition coefficient (Wildman–Crippen LogP) is 0.968. The molecule has 1 fully saturated rings. The van der Waals surface area contributed by atoms with Gasteiger partial charge in [-0.05, 0) is 25.2 Å². The number of aryl methyl sites for hydroxylation is 1. The summed E-state index contributed by atoms with van der Waals surface area (Å²) in [5.41, 5.74) is 6.05. The van der Waals surface area contributed by atoms with Gasteiger partial charge in [-0.3, -0.25) is 0 Å². The van der Waals surface area contributed by atoms with Gasteiger partial charge >= 0.3 is 0 Å². The van der Waals surface area contributed by atoms with Crippen LogP contribution < -0.4 is 5.73 Å². The normalized spacial score (nSPS) is 18.4. The van der Waals surface area contributed by atoms with E-state index in [0.29, 0.717) is 0 Å². The van der Waals surface area contributed by atoms with E-state index in [0.717, 1.165) is 31.1 Å². The molecule has 0 spiro atoms. The first kappa shape index (κ1) is 9.65. The van der Waals surface area contributed by atoms with Gasteiger partial charge < -0.3 is 10.3 Å². The second-order valence-corrected chi connectivity index (χ2v) is 4.15. The van der Waals surface area contributed by atoms with Crippen LogP contribution >= 0.6 is 0 Å². The standard InChI is InChI=1S/C10H18N4/c1-2-5-14-7-12-13-10(14)6-9(11)8-3-4-8/h7-9H,2-6,11H2,1H3. The molecule has 4 heteroatoms. The smallest absolute Gasteiger partial charge is 0.134 e. The van der Waals surface area contributed by atoms with Crippen LogP contribution in [-0.2, 0) is 13.0 Å².